The molecule has 3 heterocycles. The summed E-state index contributed by atoms with van der Waals surface area (Å²) in [6.07, 6.45) is 0. The Labute approximate surface area is 154 Å². The lowest BCUT2D eigenvalue weighted by Crippen LogP contribution is -2.25. The maximum Gasteiger partial charge on any atom is 0.235 e. The smallest absolute Gasteiger partial charge is 0.235 e. The van der Waals surface area contributed by atoms with Crippen molar-refractivity contribution in [2.75, 3.05) is 13.2 Å². The van der Waals surface area contributed by atoms with Gasteiger partial charge in [-0.2, -0.15) is 0 Å². The highest BCUT2D eigenvalue weighted by Crippen LogP contribution is 2.29. The van der Waals surface area contributed by atoms with Gasteiger partial charge in [0.1, 0.15) is 24.6 Å². The van der Waals surface area contributed by atoms with Crippen LogP contribution in [0.3, 0.4) is 0 Å². The Morgan fingerprint density at radius 3 is 1.56 bits per heavy atom. The molecule has 0 aromatic carbocycles. The van der Waals surface area contributed by atoms with Crippen molar-refractivity contribution in [3.63, 3.8) is 0 Å². The molecule has 6 heteroatoms. The summed E-state index contributed by atoms with van der Waals surface area (Å²) in [6, 6.07) is 3.76. The van der Waals surface area contributed by atoms with E-state index in [9.17, 15) is 0 Å². The molecule has 0 unspecified atom stereocenters. The van der Waals surface area contributed by atoms with Gasteiger partial charge in [-0.15, -0.1) is 0 Å². The summed E-state index contributed by atoms with van der Waals surface area (Å²) in [5.41, 5.74) is 1.34. The molecule has 0 fully saturated rings. The first-order chi connectivity index (χ1) is 11.5. The van der Waals surface area contributed by atoms with Crippen molar-refractivity contribution in [1.82, 2.24) is 4.98 Å². The minimum Gasteiger partial charge on any atom is -0.474 e. The van der Waals surface area contributed by atoms with E-state index in [-0.39, 0.29) is 22.9 Å². The molecule has 0 N–H and O–H groups in total. The molecule has 1 aromatic heterocycles. The van der Waals surface area contributed by atoms with E-state index in [1.165, 1.54) is 0 Å². The Hall–Kier alpha value is -1.62. The van der Waals surface area contributed by atoms with E-state index in [1.807, 2.05) is 0 Å². The van der Waals surface area contributed by atoms with E-state index >= 15 is 0 Å². The number of aliphatic imine (C=N–C) groups is 2. The average molecular weight is 364 g/mol. The topological polar surface area (TPSA) is 56.1 Å². The summed E-state index contributed by atoms with van der Waals surface area (Å²) in [5.74, 6) is 1.07. The third-order valence-corrected chi connectivity index (χ3v) is 4.75. The van der Waals surface area contributed by atoms with Crippen LogP contribution in [0.15, 0.2) is 22.1 Å². The zero-order valence-corrected chi connectivity index (χ0v) is 16.5. The fourth-order valence-electron chi connectivity index (χ4n) is 2.63. The molecule has 25 heavy (non-hydrogen) atoms. The molecule has 2 aliphatic heterocycles. The Bertz CT molecular complexity index is 671. The van der Waals surface area contributed by atoms with Crippen LogP contribution in [0.4, 0.5) is 0 Å². The predicted octanol–water partition coefficient (Wildman–Crippen LogP) is 4.12. The first-order valence-corrected chi connectivity index (χ1v) is 9.01. The maximum absolute atomic E-state index is 6.30. The lowest BCUT2D eigenvalue weighted by Gasteiger charge is -2.21. The fraction of sp³-hybridized carbons (Fsp3) is 0.632. The van der Waals surface area contributed by atoms with E-state index in [2.05, 4.69) is 56.5 Å². The normalized spacial score (nSPS) is 23.8. The molecule has 136 valence electrons. The van der Waals surface area contributed by atoms with E-state index in [0.717, 1.165) is 0 Å². The largest absolute Gasteiger partial charge is 0.474 e. The molecule has 5 nitrogen and oxygen atoms in total. The van der Waals surface area contributed by atoms with Crippen LogP contribution in [0.25, 0.3) is 0 Å². The Balaban J connectivity index is 1.90. The molecule has 0 bridgehead atoms. The third-order valence-electron chi connectivity index (χ3n) is 4.53. The van der Waals surface area contributed by atoms with Crippen molar-refractivity contribution in [1.29, 1.82) is 0 Å². The predicted molar refractivity (Wildman–Crippen MR) is 101 cm³/mol. The molecule has 2 atom stereocenters. The van der Waals surface area contributed by atoms with Crippen LogP contribution in [0.5, 0.6) is 0 Å². The fourth-order valence-corrected chi connectivity index (χ4v) is 2.84. The van der Waals surface area contributed by atoms with Crippen LogP contribution in [0.1, 0.15) is 52.9 Å². The average Bonchev–Trinajstić information content (AvgIpc) is 3.15. The Morgan fingerprint density at radius 2 is 1.24 bits per heavy atom. The number of aromatic nitrogens is 1. The number of ether oxygens (including phenoxy) is 2. The highest BCUT2D eigenvalue weighted by molar-refractivity contribution is 6.31. The lowest BCUT2D eigenvalue weighted by atomic mass is 9.88. The second-order valence-corrected chi connectivity index (χ2v) is 9.25. The van der Waals surface area contributed by atoms with Gasteiger partial charge in [0.2, 0.25) is 11.8 Å². The number of pyridine rings is 1. The summed E-state index contributed by atoms with van der Waals surface area (Å²) in [5, 5.41) is 0.566. The first-order valence-electron chi connectivity index (χ1n) is 8.63. The minimum atomic E-state index is 0.0434. The summed E-state index contributed by atoms with van der Waals surface area (Å²) in [6.45, 7) is 14.0. The van der Waals surface area contributed by atoms with Gasteiger partial charge < -0.3 is 9.47 Å². The van der Waals surface area contributed by atoms with Crippen molar-refractivity contribution in [2.24, 2.45) is 20.8 Å². The van der Waals surface area contributed by atoms with Crippen molar-refractivity contribution < 1.29 is 9.47 Å². The highest BCUT2D eigenvalue weighted by atomic mass is 35.5. The third kappa shape index (κ3) is 3.97. The number of rotatable bonds is 2. The molecule has 0 amide bonds. The SMILES string of the molecule is CC(C)(C)[C@H]1COC(c2cc(Cl)cc(C3=N[C@@H](C(C)(C)C)CO3)n2)=N1. The number of nitrogens with zero attached hydrogens (tertiary/aromatic N) is 3. The van der Waals surface area contributed by atoms with Gasteiger partial charge in [-0.25, -0.2) is 15.0 Å². The van der Waals surface area contributed by atoms with Gasteiger partial charge >= 0.3 is 0 Å². The van der Waals surface area contributed by atoms with Crippen LogP contribution in [0.2, 0.25) is 5.02 Å². The van der Waals surface area contributed by atoms with Gasteiger partial charge in [-0.3, -0.25) is 0 Å². The monoisotopic (exact) mass is 363 g/mol. The van der Waals surface area contributed by atoms with E-state index in [1.54, 1.807) is 12.1 Å². The maximum atomic E-state index is 6.30. The highest BCUT2D eigenvalue weighted by Gasteiger charge is 2.33. The molecule has 0 aliphatic carbocycles. The summed E-state index contributed by atoms with van der Waals surface area (Å²) < 4.78 is 11.5. The van der Waals surface area contributed by atoms with Gasteiger partial charge in [-0.1, -0.05) is 53.1 Å². The second kappa shape index (κ2) is 6.27. The lowest BCUT2D eigenvalue weighted by molar-refractivity contribution is 0.235. The van der Waals surface area contributed by atoms with Crippen molar-refractivity contribution in [3.8, 4) is 0 Å². The van der Waals surface area contributed by atoms with Crippen molar-refractivity contribution >= 4 is 23.4 Å². The summed E-state index contributed by atoms with van der Waals surface area (Å²) in [7, 11) is 0. The molecule has 2 aliphatic rings. The Kier molecular flexibility index (Phi) is 4.56. The van der Waals surface area contributed by atoms with Crippen LogP contribution >= 0.6 is 11.6 Å². The molecular weight excluding hydrogens is 338 g/mol. The second-order valence-electron chi connectivity index (χ2n) is 8.81. The number of hydrogen-bond acceptors (Lipinski definition) is 5. The van der Waals surface area contributed by atoms with Gasteiger partial charge in [0, 0.05) is 5.02 Å². The van der Waals surface area contributed by atoms with E-state index < -0.39 is 0 Å². The van der Waals surface area contributed by atoms with Crippen molar-refractivity contribution in [2.45, 2.75) is 53.6 Å². The van der Waals surface area contributed by atoms with E-state index in [0.29, 0.717) is 41.4 Å². The quantitative estimate of drug-likeness (QED) is 0.794. The van der Waals surface area contributed by atoms with Gasteiger partial charge in [0.15, 0.2) is 0 Å². The van der Waals surface area contributed by atoms with Gasteiger partial charge in [0.05, 0.1) is 12.1 Å². The summed E-state index contributed by atoms with van der Waals surface area (Å²) in [4.78, 5) is 14.0. The molecule has 0 saturated carbocycles. The molecule has 1 aromatic rings. The zero-order chi connectivity index (χ0) is 18.4. The van der Waals surface area contributed by atoms with Crippen LogP contribution < -0.4 is 0 Å². The zero-order valence-electron chi connectivity index (χ0n) is 15.8. The molecule has 0 radical (unpaired) electrons. The molecule has 0 saturated heterocycles. The number of halogens is 1. The molecule has 0 spiro atoms. The van der Waals surface area contributed by atoms with Gasteiger partial charge in [-0.05, 0) is 23.0 Å². The molecule has 3 rings (SSSR count). The standard InChI is InChI=1S/C19H26ClN3O2/c1-18(2,3)14-9-24-16(22-14)12-7-11(20)8-13(21-12)17-23-15(10-25-17)19(4,5)6/h7-8,14-15H,9-10H2,1-6H3/t14-,15-/m1/s1. The van der Waals surface area contributed by atoms with Crippen LogP contribution in [0, 0.1) is 10.8 Å². The molecular formula is C19H26ClN3O2. The van der Waals surface area contributed by atoms with Crippen LogP contribution in [-0.2, 0) is 9.47 Å². The van der Waals surface area contributed by atoms with Crippen molar-refractivity contribution in [3.05, 3.63) is 28.5 Å². The number of hydrogen-bond donors (Lipinski definition) is 0. The van der Waals surface area contributed by atoms with Gasteiger partial charge in [0.25, 0.3) is 0 Å². The summed E-state index contributed by atoms with van der Waals surface area (Å²) >= 11 is 6.30. The van der Waals surface area contributed by atoms with Crippen LogP contribution in [-0.4, -0.2) is 42.1 Å². The van der Waals surface area contributed by atoms with E-state index in [4.69, 9.17) is 21.1 Å². The first kappa shape index (κ1) is 18.2. The Morgan fingerprint density at radius 1 is 0.840 bits per heavy atom. The minimum absolute atomic E-state index is 0.0434.